The van der Waals surface area contributed by atoms with Crippen LogP contribution in [0.1, 0.15) is 25.7 Å². The van der Waals surface area contributed by atoms with E-state index in [2.05, 4.69) is 21.2 Å². The van der Waals surface area contributed by atoms with Crippen molar-refractivity contribution in [3.63, 3.8) is 0 Å². The summed E-state index contributed by atoms with van der Waals surface area (Å²) in [6.45, 7) is 0. The quantitative estimate of drug-likeness (QED) is 0.437. The van der Waals surface area contributed by atoms with Gasteiger partial charge in [-0.3, -0.25) is 0 Å². The van der Waals surface area contributed by atoms with Gasteiger partial charge in [0.25, 0.3) is 0 Å². The minimum Gasteiger partial charge on any atom is -0.0895 e. The Bertz CT molecular complexity index is 46.9. The molecule has 1 aliphatic heterocycles. The molecule has 60 valence electrons. The van der Waals surface area contributed by atoms with E-state index < -0.39 is 0 Å². The van der Waals surface area contributed by atoms with Gasteiger partial charge in [0.15, 0.2) is 0 Å². The van der Waals surface area contributed by atoms with Crippen LogP contribution in [0.4, 0.5) is 0 Å². The second kappa shape index (κ2) is 7.22. The Hall–Kier alpha value is 1.56. The van der Waals surface area contributed by atoms with Crippen molar-refractivity contribution in [3.8, 4) is 0 Å². The molecule has 0 bridgehead atoms. The van der Waals surface area contributed by atoms with Crippen molar-refractivity contribution in [2.45, 2.75) is 25.7 Å². The summed E-state index contributed by atoms with van der Waals surface area (Å²) < 4.78 is 0. The van der Waals surface area contributed by atoms with Crippen molar-refractivity contribution in [1.82, 2.24) is 0 Å². The minimum atomic E-state index is 1.19. The van der Waals surface area contributed by atoms with Crippen LogP contribution in [0.3, 0.4) is 0 Å². The average Bonchev–Trinajstić information content (AvgIpc) is 2.01. The van der Waals surface area contributed by atoms with E-state index in [0.29, 0.717) is 0 Å². The molecule has 0 spiro atoms. The van der Waals surface area contributed by atoms with Crippen molar-refractivity contribution in [1.29, 1.82) is 0 Å². The highest BCUT2D eigenvalue weighted by atomic mass is 33.4. The van der Waals surface area contributed by atoms with Crippen LogP contribution in [0, 0.1) is 0 Å². The van der Waals surface area contributed by atoms with E-state index in [1.807, 2.05) is 0 Å². The minimum absolute atomic E-state index is 1.19. The van der Waals surface area contributed by atoms with Crippen LogP contribution in [0.2, 0.25) is 0 Å². The summed E-state index contributed by atoms with van der Waals surface area (Å²) in [5.74, 6) is 1.39. The van der Waals surface area contributed by atoms with Crippen LogP contribution >= 0.6 is 36.9 Å². The molecule has 2 atom stereocenters. The molecule has 1 aliphatic rings. The average molecular weight is 212 g/mol. The first-order valence-electron chi connectivity index (χ1n) is 3.76. The van der Waals surface area contributed by atoms with Crippen molar-refractivity contribution in [2.75, 3.05) is 11.9 Å². The van der Waals surface area contributed by atoms with Gasteiger partial charge in [-0.2, -0.15) is 0 Å². The zero-order valence-corrected chi connectivity index (χ0v) is 9.69. The van der Waals surface area contributed by atoms with Crippen molar-refractivity contribution < 1.29 is 0 Å². The first-order valence-corrected chi connectivity index (χ1v) is 10.0. The summed E-state index contributed by atoms with van der Waals surface area (Å²) in [6, 6.07) is 0. The van der Waals surface area contributed by atoms with E-state index >= 15 is 0 Å². The molecule has 4 heteroatoms. The number of hydrogen-bond donors (Lipinski definition) is 0. The molecule has 1 heterocycles. The van der Waals surface area contributed by atoms with Gasteiger partial charge in [0, 0.05) is 5.75 Å². The van der Waals surface area contributed by atoms with Crippen LogP contribution in [0.15, 0.2) is 0 Å². The summed E-state index contributed by atoms with van der Waals surface area (Å²) in [6.07, 6.45) is 7.41. The zero-order valence-electron chi connectivity index (χ0n) is 6.06. The van der Waals surface area contributed by atoms with Gasteiger partial charge >= 0.3 is 0 Å². The van der Waals surface area contributed by atoms with Crippen LogP contribution < -0.4 is 0 Å². The third kappa shape index (κ3) is 5.24. The van der Waals surface area contributed by atoms with E-state index in [4.69, 9.17) is 0 Å². The lowest BCUT2D eigenvalue weighted by Gasteiger charge is -2.05. The third-order valence-corrected chi connectivity index (χ3v) is 10.5. The van der Waals surface area contributed by atoms with Crippen molar-refractivity contribution in [2.24, 2.45) is 0 Å². The Morgan fingerprint density at radius 1 is 1.00 bits per heavy atom. The van der Waals surface area contributed by atoms with Crippen LogP contribution in [0.25, 0.3) is 0 Å². The van der Waals surface area contributed by atoms with Crippen LogP contribution in [-0.4, -0.2) is 11.9 Å². The number of hydrogen-bond acceptors (Lipinski definition) is 2. The molecule has 0 aromatic carbocycles. The monoisotopic (exact) mass is 212 g/mol. The Labute approximate surface area is 74.7 Å². The smallest absolute Gasteiger partial charge is 0.00401 e. The molecule has 2 unspecified atom stereocenters. The molecule has 1 fully saturated rings. The topological polar surface area (TPSA) is 0 Å². The van der Waals surface area contributed by atoms with E-state index in [1.54, 1.807) is 0 Å². The van der Waals surface area contributed by atoms with Gasteiger partial charge in [-0.05, 0) is 26.5 Å². The van der Waals surface area contributed by atoms with Gasteiger partial charge in [0.05, 0.1) is 0 Å². The number of rotatable bonds is 0. The Morgan fingerprint density at radius 3 is 2.90 bits per heavy atom. The standard InChI is InChI=1S/C6H14P2S2/c1-2-4-6-9-10-8-7-5-3-1/h7-8H,1-6H2. The third-order valence-electron chi connectivity index (χ3n) is 1.45. The molecule has 10 heavy (non-hydrogen) atoms. The maximum Gasteiger partial charge on any atom is 0.00401 e. The van der Waals surface area contributed by atoms with Gasteiger partial charge in [-0.15, -0.1) is 0 Å². The fourth-order valence-corrected chi connectivity index (χ4v) is 9.64. The lowest BCUT2D eigenvalue weighted by molar-refractivity contribution is 0.711. The summed E-state index contributed by atoms with van der Waals surface area (Å²) >= 11 is 0. The highest BCUT2D eigenvalue weighted by Crippen LogP contribution is 2.54. The van der Waals surface area contributed by atoms with Gasteiger partial charge in [-0.1, -0.05) is 42.3 Å². The van der Waals surface area contributed by atoms with Crippen LogP contribution in [-0.2, 0) is 0 Å². The lowest BCUT2D eigenvalue weighted by Crippen LogP contribution is -1.81. The fourth-order valence-electron chi connectivity index (χ4n) is 0.880. The van der Waals surface area contributed by atoms with E-state index in [0.717, 1.165) is 0 Å². The molecule has 0 aliphatic carbocycles. The Kier molecular flexibility index (Phi) is 6.97. The summed E-state index contributed by atoms with van der Waals surface area (Å²) in [5.41, 5.74) is 0. The Morgan fingerprint density at radius 2 is 1.90 bits per heavy atom. The van der Waals surface area contributed by atoms with Crippen LogP contribution in [0.5, 0.6) is 0 Å². The van der Waals surface area contributed by atoms with Crippen molar-refractivity contribution >= 4 is 36.9 Å². The van der Waals surface area contributed by atoms with E-state index in [1.165, 1.54) is 53.3 Å². The molecule has 0 aromatic rings. The molecule has 0 N–H and O–H groups in total. The van der Waals surface area contributed by atoms with E-state index in [9.17, 15) is 0 Å². The summed E-state index contributed by atoms with van der Waals surface area (Å²) in [4.78, 5) is 0. The maximum atomic E-state index is 2.11. The highest BCUT2D eigenvalue weighted by molar-refractivity contribution is 9.02. The predicted molar refractivity (Wildman–Crippen MR) is 60.0 cm³/mol. The molecule has 1 rings (SSSR count). The predicted octanol–water partition coefficient (Wildman–Crippen LogP) is 4.13. The first kappa shape index (κ1) is 9.65. The molecule has 0 amide bonds. The molecular formula is C6H14P2S2. The normalized spacial score (nSPS) is 28.8. The Balaban J connectivity index is 2.00. The maximum absolute atomic E-state index is 2.11. The fraction of sp³-hybridized carbons (Fsp3) is 1.00. The molecule has 0 aromatic heterocycles. The first-order chi connectivity index (χ1) is 5.00. The van der Waals surface area contributed by atoms with Gasteiger partial charge < -0.3 is 0 Å². The zero-order chi connectivity index (χ0) is 7.07. The van der Waals surface area contributed by atoms with Gasteiger partial charge in [-0.25, -0.2) is 0 Å². The second-order valence-electron chi connectivity index (χ2n) is 2.35. The highest BCUT2D eigenvalue weighted by Gasteiger charge is 1.96. The SMILES string of the molecule is C1CCCSSPPCC1. The molecular weight excluding hydrogens is 198 g/mol. The summed E-state index contributed by atoms with van der Waals surface area (Å²) in [5, 5.41) is 0. The molecule has 0 nitrogen and oxygen atoms in total. The van der Waals surface area contributed by atoms with Gasteiger partial charge in [0.2, 0.25) is 0 Å². The largest absolute Gasteiger partial charge is 0.0895 e. The molecule has 0 radical (unpaired) electrons. The van der Waals surface area contributed by atoms with Gasteiger partial charge in [0.1, 0.15) is 0 Å². The summed E-state index contributed by atoms with van der Waals surface area (Å²) in [7, 11) is 6.64. The second-order valence-corrected chi connectivity index (χ2v) is 10.4. The van der Waals surface area contributed by atoms with Crippen molar-refractivity contribution in [3.05, 3.63) is 0 Å². The lowest BCUT2D eigenvalue weighted by atomic mass is 10.2. The van der Waals surface area contributed by atoms with E-state index in [-0.39, 0.29) is 0 Å². The molecule has 1 saturated heterocycles. The molecule has 0 saturated carbocycles.